The van der Waals surface area contributed by atoms with Gasteiger partial charge in [-0.15, -0.1) is 0 Å². The van der Waals surface area contributed by atoms with Crippen molar-refractivity contribution in [3.8, 4) is 11.8 Å². The van der Waals surface area contributed by atoms with Crippen molar-refractivity contribution in [1.29, 1.82) is 0 Å². The fraction of sp³-hybridized carbons (Fsp3) is 0.400. The van der Waals surface area contributed by atoms with E-state index >= 15 is 0 Å². The molecule has 0 amide bonds. The highest BCUT2D eigenvalue weighted by atomic mass is 16.6. The van der Waals surface area contributed by atoms with Crippen molar-refractivity contribution in [2.24, 2.45) is 0 Å². The molecule has 8 nitrogen and oxygen atoms in total. The number of hydrogen-bond donors (Lipinski definition) is 0. The molecule has 0 saturated heterocycles. The molecule has 2 aromatic rings. The lowest BCUT2D eigenvalue weighted by atomic mass is 10.2. The van der Waals surface area contributed by atoms with Gasteiger partial charge in [0.05, 0.1) is 4.92 Å². The number of aromatic nitrogens is 3. The van der Waals surface area contributed by atoms with Crippen molar-refractivity contribution in [2.75, 3.05) is 19.0 Å². The average Bonchev–Trinajstić information content (AvgIpc) is 2.46. The van der Waals surface area contributed by atoms with Crippen LogP contribution in [-0.2, 0) is 0 Å². The van der Waals surface area contributed by atoms with Crippen molar-refractivity contribution < 1.29 is 9.66 Å². The maximum Gasteiger partial charge on any atom is 0.327 e. The summed E-state index contributed by atoms with van der Waals surface area (Å²) in [5.41, 5.74) is 0.713. The first-order chi connectivity index (χ1) is 10.8. The first-order valence-electron chi connectivity index (χ1n) is 7.14. The van der Waals surface area contributed by atoms with E-state index in [0.717, 1.165) is 5.56 Å². The predicted octanol–water partition coefficient (Wildman–Crippen LogP) is 3.07. The summed E-state index contributed by atoms with van der Waals surface area (Å²) >= 11 is 0. The van der Waals surface area contributed by atoms with E-state index in [1.54, 1.807) is 31.1 Å². The molecule has 0 bridgehead atoms. The number of anilines is 1. The van der Waals surface area contributed by atoms with Gasteiger partial charge in [0.1, 0.15) is 5.82 Å². The largest absolute Gasteiger partial charge is 0.417 e. The van der Waals surface area contributed by atoms with Crippen molar-refractivity contribution in [3.63, 3.8) is 0 Å². The highest BCUT2D eigenvalue weighted by Crippen LogP contribution is 2.31. The van der Waals surface area contributed by atoms with Crippen LogP contribution in [0.3, 0.4) is 0 Å². The van der Waals surface area contributed by atoms with Crippen molar-refractivity contribution in [1.82, 2.24) is 15.0 Å². The second-order valence-electron chi connectivity index (χ2n) is 5.66. The minimum Gasteiger partial charge on any atom is -0.417 e. The van der Waals surface area contributed by atoms with Gasteiger partial charge in [-0.1, -0.05) is 19.9 Å². The van der Waals surface area contributed by atoms with Crippen molar-refractivity contribution in [2.45, 2.75) is 26.7 Å². The number of hydrogen-bond acceptors (Lipinski definition) is 7. The molecule has 8 heteroatoms. The predicted molar refractivity (Wildman–Crippen MR) is 86.2 cm³/mol. The van der Waals surface area contributed by atoms with Crippen LogP contribution in [0.25, 0.3) is 0 Å². The highest BCUT2D eigenvalue weighted by Gasteiger charge is 2.19. The lowest BCUT2D eigenvalue weighted by Gasteiger charge is -2.14. The van der Waals surface area contributed by atoms with Gasteiger partial charge in [0, 0.05) is 26.1 Å². The number of nitro groups is 1. The zero-order valence-electron chi connectivity index (χ0n) is 13.8. The molecule has 0 saturated carbocycles. The Morgan fingerprint density at radius 2 is 1.91 bits per heavy atom. The fourth-order valence-corrected chi connectivity index (χ4v) is 1.82. The first kappa shape index (κ1) is 16.6. The SMILES string of the molecule is Cc1ccc([N+](=O)[O-])c(Oc2nc(C(C)C)nc(N(C)C)n2)c1. The van der Waals surface area contributed by atoms with E-state index in [4.69, 9.17) is 4.74 Å². The van der Waals surface area contributed by atoms with Crippen LogP contribution in [0, 0.1) is 17.0 Å². The van der Waals surface area contributed by atoms with Gasteiger partial charge in [0.2, 0.25) is 11.7 Å². The molecule has 1 aromatic heterocycles. The van der Waals surface area contributed by atoms with Crippen LogP contribution in [0.2, 0.25) is 0 Å². The Bertz CT molecular complexity index is 705. The molecule has 0 spiro atoms. The second kappa shape index (κ2) is 6.55. The van der Waals surface area contributed by atoms with Crippen molar-refractivity contribution in [3.05, 3.63) is 39.7 Å². The van der Waals surface area contributed by atoms with Gasteiger partial charge >= 0.3 is 11.7 Å². The van der Waals surface area contributed by atoms with Crippen LogP contribution in [0.1, 0.15) is 31.2 Å². The summed E-state index contributed by atoms with van der Waals surface area (Å²) in [6.45, 7) is 5.73. The normalized spacial score (nSPS) is 10.7. The quantitative estimate of drug-likeness (QED) is 0.617. The molecular weight excluding hydrogens is 298 g/mol. The van der Waals surface area contributed by atoms with E-state index in [0.29, 0.717) is 11.8 Å². The summed E-state index contributed by atoms with van der Waals surface area (Å²) in [6, 6.07) is 4.69. The Balaban J connectivity index is 2.47. The van der Waals surface area contributed by atoms with E-state index in [9.17, 15) is 10.1 Å². The number of ether oxygens (including phenoxy) is 1. The van der Waals surface area contributed by atoms with Crippen LogP contribution in [0.15, 0.2) is 18.2 Å². The maximum absolute atomic E-state index is 11.1. The van der Waals surface area contributed by atoms with Gasteiger partial charge < -0.3 is 9.64 Å². The smallest absolute Gasteiger partial charge is 0.327 e. The zero-order valence-corrected chi connectivity index (χ0v) is 13.8. The Hall–Kier alpha value is -2.77. The van der Waals surface area contributed by atoms with E-state index < -0.39 is 4.92 Å². The molecular formula is C15H19N5O3. The van der Waals surface area contributed by atoms with E-state index in [-0.39, 0.29) is 23.4 Å². The minimum absolute atomic E-state index is 0.0427. The average molecular weight is 317 g/mol. The zero-order chi connectivity index (χ0) is 17.1. The highest BCUT2D eigenvalue weighted by molar-refractivity contribution is 5.49. The van der Waals surface area contributed by atoms with Gasteiger partial charge in [0.15, 0.2) is 0 Å². The number of nitrogens with zero attached hydrogens (tertiary/aromatic N) is 5. The Labute approximate surface area is 134 Å². The number of nitro benzene ring substituents is 1. The van der Waals surface area contributed by atoms with Crippen LogP contribution >= 0.6 is 0 Å². The van der Waals surface area contributed by atoms with E-state index in [1.165, 1.54) is 6.07 Å². The summed E-state index contributed by atoms with van der Waals surface area (Å²) in [5.74, 6) is 1.19. The van der Waals surface area contributed by atoms with Crippen molar-refractivity contribution >= 4 is 11.6 Å². The third-order valence-electron chi connectivity index (χ3n) is 3.05. The van der Waals surface area contributed by atoms with Crippen LogP contribution < -0.4 is 9.64 Å². The molecule has 0 aliphatic heterocycles. The summed E-state index contributed by atoms with van der Waals surface area (Å²) in [4.78, 5) is 25.2. The lowest BCUT2D eigenvalue weighted by molar-refractivity contribution is -0.385. The fourth-order valence-electron chi connectivity index (χ4n) is 1.82. The van der Waals surface area contributed by atoms with Gasteiger partial charge in [-0.3, -0.25) is 10.1 Å². The number of rotatable bonds is 5. The molecule has 0 fully saturated rings. The molecule has 0 unspecified atom stereocenters. The number of aryl methyl sites for hydroxylation is 1. The molecule has 0 aliphatic rings. The van der Waals surface area contributed by atoms with Gasteiger partial charge in [-0.25, -0.2) is 0 Å². The molecule has 0 radical (unpaired) electrons. The molecule has 23 heavy (non-hydrogen) atoms. The topological polar surface area (TPSA) is 94.3 Å². The standard InChI is InChI=1S/C15H19N5O3/c1-9(2)13-16-14(19(4)5)18-15(17-13)23-12-8-10(3)6-7-11(12)20(21)22/h6-9H,1-5H3. The Morgan fingerprint density at radius 3 is 2.48 bits per heavy atom. The summed E-state index contributed by atoms with van der Waals surface area (Å²) in [6.07, 6.45) is 0. The third-order valence-corrected chi connectivity index (χ3v) is 3.05. The monoisotopic (exact) mass is 317 g/mol. The summed E-state index contributed by atoms with van der Waals surface area (Å²) in [5, 5.41) is 11.1. The second-order valence-corrected chi connectivity index (χ2v) is 5.66. The summed E-state index contributed by atoms with van der Waals surface area (Å²) in [7, 11) is 3.61. The Kier molecular flexibility index (Phi) is 4.73. The molecule has 1 aromatic carbocycles. The van der Waals surface area contributed by atoms with Crippen LogP contribution in [0.4, 0.5) is 11.6 Å². The Morgan fingerprint density at radius 1 is 1.22 bits per heavy atom. The number of benzene rings is 1. The van der Waals surface area contributed by atoms with Gasteiger partial charge in [-0.05, 0) is 18.6 Å². The molecule has 2 rings (SSSR count). The van der Waals surface area contributed by atoms with Crippen LogP contribution in [0.5, 0.6) is 11.8 Å². The van der Waals surface area contributed by atoms with E-state index in [1.807, 2.05) is 20.8 Å². The molecule has 0 N–H and O–H groups in total. The maximum atomic E-state index is 11.1. The molecule has 0 aliphatic carbocycles. The molecule has 0 atom stereocenters. The minimum atomic E-state index is -0.494. The summed E-state index contributed by atoms with van der Waals surface area (Å²) < 4.78 is 5.60. The van der Waals surface area contributed by atoms with Crippen LogP contribution in [-0.4, -0.2) is 34.0 Å². The first-order valence-corrected chi connectivity index (χ1v) is 7.14. The van der Waals surface area contributed by atoms with Gasteiger partial charge in [-0.2, -0.15) is 15.0 Å². The lowest BCUT2D eigenvalue weighted by Crippen LogP contribution is -2.15. The van der Waals surface area contributed by atoms with E-state index in [2.05, 4.69) is 15.0 Å². The molecule has 1 heterocycles. The van der Waals surface area contributed by atoms with Gasteiger partial charge in [0.25, 0.3) is 0 Å². The molecule has 122 valence electrons. The third kappa shape index (κ3) is 3.91.